The highest BCUT2D eigenvalue weighted by Gasteiger charge is 2.22. The normalized spacial score (nSPS) is 19.8. The Bertz CT molecular complexity index is 809. The summed E-state index contributed by atoms with van der Waals surface area (Å²) in [6.45, 7) is 9.90. The van der Waals surface area contributed by atoms with Gasteiger partial charge in [0.15, 0.2) is 5.96 Å². The van der Waals surface area contributed by atoms with Gasteiger partial charge >= 0.3 is 0 Å². The zero-order valence-corrected chi connectivity index (χ0v) is 21.5. The van der Waals surface area contributed by atoms with Crippen LogP contribution < -0.4 is 15.5 Å². The third-order valence-corrected chi connectivity index (χ3v) is 5.21. The minimum Gasteiger partial charge on any atom is -0.388 e. The molecule has 2 aromatic rings. The Morgan fingerprint density at radius 2 is 1.88 bits per heavy atom. The number of guanidine groups is 1. The van der Waals surface area contributed by atoms with Crippen LogP contribution in [0.25, 0.3) is 0 Å². The number of aliphatic hydroxyl groups excluding tert-OH is 1. The fourth-order valence-corrected chi connectivity index (χ4v) is 3.74. The van der Waals surface area contributed by atoms with Crippen LogP contribution in [-0.2, 0) is 11.3 Å². The minimum absolute atomic E-state index is 0. The molecule has 1 saturated heterocycles. The Balaban J connectivity index is 0.00000363. The summed E-state index contributed by atoms with van der Waals surface area (Å²) in [4.78, 5) is 11.6. The number of halogens is 1. The van der Waals surface area contributed by atoms with E-state index in [9.17, 15) is 5.11 Å². The van der Waals surface area contributed by atoms with Crippen molar-refractivity contribution in [3.8, 4) is 0 Å². The zero-order valence-electron chi connectivity index (χ0n) is 19.2. The molecule has 0 saturated carbocycles. The van der Waals surface area contributed by atoms with Gasteiger partial charge < -0.3 is 25.4 Å². The Kier molecular flexibility index (Phi) is 11.2. The number of anilines is 1. The number of aliphatic hydroxyl groups is 1. The summed E-state index contributed by atoms with van der Waals surface area (Å²) in [7, 11) is 0. The average molecular weight is 553 g/mol. The van der Waals surface area contributed by atoms with E-state index in [2.05, 4.69) is 51.5 Å². The number of aliphatic imine (C=N–C) groups is 1. The summed E-state index contributed by atoms with van der Waals surface area (Å²) >= 11 is 0. The Labute approximate surface area is 208 Å². The molecule has 32 heavy (non-hydrogen) atoms. The number of rotatable bonds is 8. The Morgan fingerprint density at radius 3 is 2.50 bits per heavy atom. The maximum atomic E-state index is 10.3. The molecule has 3 rings (SSSR count). The molecule has 3 unspecified atom stereocenters. The second-order valence-corrected chi connectivity index (χ2v) is 8.02. The van der Waals surface area contributed by atoms with E-state index < -0.39 is 6.10 Å². The third kappa shape index (κ3) is 8.22. The molecule has 0 bridgehead atoms. The number of ether oxygens (including phenoxy) is 1. The molecule has 7 nitrogen and oxygen atoms in total. The summed E-state index contributed by atoms with van der Waals surface area (Å²) < 4.78 is 5.80. The largest absolute Gasteiger partial charge is 0.388 e. The summed E-state index contributed by atoms with van der Waals surface area (Å²) in [6, 6.07) is 13.9. The maximum Gasteiger partial charge on any atom is 0.191 e. The van der Waals surface area contributed by atoms with Gasteiger partial charge in [-0.1, -0.05) is 36.4 Å². The lowest BCUT2D eigenvalue weighted by molar-refractivity contribution is -0.00546. The lowest BCUT2D eigenvalue weighted by atomic mass is 10.1. The summed E-state index contributed by atoms with van der Waals surface area (Å²) in [5, 5.41) is 16.9. The summed E-state index contributed by atoms with van der Waals surface area (Å²) in [5.41, 5.74) is 1.99. The van der Waals surface area contributed by atoms with E-state index in [0.717, 1.165) is 42.5 Å². The van der Waals surface area contributed by atoms with Crippen LogP contribution in [0.5, 0.6) is 0 Å². The topological polar surface area (TPSA) is 82.0 Å². The van der Waals surface area contributed by atoms with Crippen LogP contribution >= 0.6 is 24.0 Å². The summed E-state index contributed by atoms with van der Waals surface area (Å²) in [6.07, 6.45) is 2.44. The van der Waals surface area contributed by atoms with Gasteiger partial charge in [-0.05, 0) is 44.4 Å². The lowest BCUT2D eigenvalue weighted by Gasteiger charge is -2.36. The molecule has 1 fully saturated rings. The van der Waals surface area contributed by atoms with Crippen LogP contribution in [0.1, 0.15) is 44.4 Å². The van der Waals surface area contributed by atoms with E-state index in [1.54, 1.807) is 0 Å². The van der Waals surface area contributed by atoms with Gasteiger partial charge in [-0.2, -0.15) is 0 Å². The molecule has 1 aliphatic rings. The Morgan fingerprint density at radius 1 is 1.16 bits per heavy atom. The first-order valence-electron chi connectivity index (χ1n) is 11.2. The van der Waals surface area contributed by atoms with Crippen molar-refractivity contribution >= 4 is 35.8 Å². The van der Waals surface area contributed by atoms with Gasteiger partial charge in [-0.25, -0.2) is 9.98 Å². The second-order valence-electron chi connectivity index (χ2n) is 8.02. The Hall–Kier alpha value is -1.91. The fourth-order valence-electron chi connectivity index (χ4n) is 3.74. The van der Waals surface area contributed by atoms with Crippen molar-refractivity contribution in [2.24, 2.45) is 4.99 Å². The van der Waals surface area contributed by atoms with Crippen LogP contribution in [0.15, 0.2) is 53.7 Å². The predicted molar refractivity (Wildman–Crippen MR) is 141 cm³/mol. The highest BCUT2D eigenvalue weighted by Crippen LogP contribution is 2.18. The van der Waals surface area contributed by atoms with Gasteiger partial charge in [0.2, 0.25) is 0 Å². The van der Waals surface area contributed by atoms with Crippen molar-refractivity contribution in [2.75, 3.05) is 31.1 Å². The van der Waals surface area contributed by atoms with Crippen LogP contribution in [-0.4, -0.2) is 54.4 Å². The van der Waals surface area contributed by atoms with Crippen molar-refractivity contribution < 1.29 is 9.84 Å². The number of nitrogens with one attached hydrogen (secondary N) is 2. The van der Waals surface area contributed by atoms with Crippen LogP contribution in [0.2, 0.25) is 0 Å². The molecule has 2 heterocycles. The molecule has 0 radical (unpaired) electrons. The average Bonchev–Trinajstić information content (AvgIpc) is 2.77. The highest BCUT2D eigenvalue weighted by molar-refractivity contribution is 14.0. The lowest BCUT2D eigenvalue weighted by Crippen LogP contribution is -2.45. The SMILES string of the molecule is CCNC(=NCc1ccc(N2CC(C)OC(C)C2)nc1)NCCC(O)c1ccccc1.I. The van der Waals surface area contributed by atoms with E-state index in [4.69, 9.17) is 4.74 Å². The highest BCUT2D eigenvalue weighted by atomic mass is 127. The van der Waals surface area contributed by atoms with E-state index in [1.807, 2.05) is 43.5 Å². The van der Waals surface area contributed by atoms with Gasteiger partial charge in [-0.3, -0.25) is 0 Å². The van der Waals surface area contributed by atoms with Crippen molar-refractivity contribution in [1.29, 1.82) is 0 Å². The summed E-state index contributed by atoms with van der Waals surface area (Å²) in [5.74, 6) is 1.72. The quantitative estimate of drug-likeness (QED) is 0.264. The first kappa shape index (κ1) is 26.3. The molecular weight excluding hydrogens is 517 g/mol. The number of hydrogen-bond donors (Lipinski definition) is 3. The van der Waals surface area contributed by atoms with Crippen LogP contribution in [0.3, 0.4) is 0 Å². The molecule has 0 amide bonds. The van der Waals surface area contributed by atoms with Gasteiger partial charge in [-0.15, -0.1) is 24.0 Å². The third-order valence-electron chi connectivity index (χ3n) is 5.21. The molecule has 0 aliphatic carbocycles. The standard InChI is InChI=1S/C24H35N5O2.HI/c1-4-25-24(26-13-12-22(30)21-8-6-5-7-9-21)28-15-20-10-11-23(27-14-20)29-16-18(2)31-19(3)17-29;/h5-11,14,18-19,22,30H,4,12-13,15-17H2,1-3H3,(H2,25,26,28);1H. The van der Waals surface area contributed by atoms with E-state index in [1.165, 1.54) is 0 Å². The van der Waals surface area contributed by atoms with E-state index >= 15 is 0 Å². The van der Waals surface area contributed by atoms with E-state index in [0.29, 0.717) is 19.5 Å². The number of aromatic nitrogens is 1. The predicted octanol–water partition coefficient (Wildman–Crippen LogP) is 3.49. The first-order chi connectivity index (χ1) is 15.0. The van der Waals surface area contributed by atoms with Crippen molar-refractivity contribution in [3.63, 3.8) is 0 Å². The molecule has 3 atom stereocenters. The molecule has 0 spiro atoms. The molecule has 1 aromatic heterocycles. The number of pyridine rings is 1. The van der Waals surface area contributed by atoms with Gasteiger partial charge in [0.05, 0.1) is 24.9 Å². The van der Waals surface area contributed by atoms with Crippen molar-refractivity contribution in [1.82, 2.24) is 15.6 Å². The van der Waals surface area contributed by atoms with Gasteiger partial charge in [0.25, 0.3) is 0 Å². The second kappa shape index (κ2) is 13.6. The van der Waals surface area contributed by atoms with Crippen molar-refractivity contribution in [3.05, 3.63) is 59.8 Å². The fraction of sp³-hybridized carbons (Fsp3) is 0.500. The molecule has 3 N–H and O–H groups in total. The monoisotopic (exact) mass is 553 g/mol. The zero-order chi connectivity index (χ0) is 22.1. The molecule has 8 heteroatoms. The smallest absolute Gasteiger partial charge is 0.191 e. The number of hydrogen-bond acceptors (Lipinski definition) is 5. The minimum atomic E-state index is -0.487. The molecular formula is C24H36IN5O2. The number of benzene rings is 1. The van der Waals surface area contributed by atoms with Crippen molar-refractivity contribution in [2.45, 2.75) is 52.0 Å². The molecule has 1 aromatic carbocycles. The van der Waals surface area contributed by atoms with Crippen LogP contribution in [0.4, 0.5) is 5.82 Å². The maximum absolute atomic E-state index is 10.3. The van der Waals surface area contributed by atoms with Gasteiger partial charge in [0, 0.05) is 32.4 Å². The van der Waals surface area contributed by atoms with Crippen LogP contribution in [0, 0.1) is 0 Å². The number of morpholine rings is 1. The van der Waals surface area contributed by atoms with Gasteiger partial charge in [0.1, 0.15) is 5.82 Å². The number of nitrogens with zero attached hydrogens (tertiary/aromatic N) is 3. The van der Waals surface area contributed by atoms with E-state index in [-0.39, 0.29) is 36.2 Å². The first-order valence-corrected chi connectivity index (χ1v) is 11.2. The molecule has 1 aliphatic heterocycles. The molecule has 176 valence electrons.